The number of carbonyl (C=O) groups is 3. The normalized spacial score (nSPS) is 15.6. The molecule has 0 aromatic heterocycles. The van der Waals surface area contributed by atoms with Crippen LogP contribution in [0.4, 0.5) is 17.1 Å². The predicted octanol–water partition coefficient (Wildman–Crippen LogP) is 3.16. The molecule has 0 spiro atoms. The number of benzene rings is 2. The molecule has 0 saturated carbocycles. The molecule has 7 nitrogen and oxygen atoms in total. The smallest absolute Gasteiger partial charge is 0.339 e. The van der Waals surface area contributed by atoms with Crippen LogP contribution in [0.5, 0.6) is 0 Å². The Kier molecular flexibility index (Phi) is 5.05. The largest absolute Gasteiger partial charge is 0.465 e. The number of likely N-dealkylation sites (N-methyl/N-ethyl adjacent to an activating group) is 1. The monoisotopic (exact) mass is 387 g/mol. The van der Waals surface area contributed by atoms with Crippen LogP contribution in [0.25, 0.3) is 0 Å². The fourth-order valence-electron chi connectivity index (χ4n) is 2.78. The Hall–Kier alpha value is -3.06. The molecule has 1 aliphatic heterocycles. The van der Waals surface area contributed by atoms with Crippen molar-refractivity contribution in [1.82, 2.24) is 0 Å². The van der Waals surface area contributed by atoms with Gasteiger partial charge in [0.2, 0.25) is 5.91 Å². The van der Waals surface area contributed by atoms with E-state index in [-0.39, 0.29) is 28.4 Å². The van der Waals surface area contributed by atoms with Gasteiger partial charge in [-0.3, -0.25) is 9.59 Å². The predicted molar refractivity (Wildman–Crippen MR) is 104 cm³/mol. The summed E-state index contributed by atoms with van der Waals surface area (Å²) < 4.78 is 4.64. The number of esters is 1. The molecule has 140 valence electrons. The minimum absolute atomic E-state index is 0.132. The lowest BCUT2D eigenvalue weighted by Gasteiger charge is -2.33. The first-order valence-electron chi connectivity index (χ1n) is 8.18. The van der Waals surface area contributed by atoms with Crippen molar-refractivity contribution in [1.29, 1.82) is 0 Å². The molecule has 2 aromatic carbocycles. The Morgan fingerprint density at radius 1 is 1.22 bits per heavy atom. The van der Waals surface area contributed by atoms with Crippen molar-refractivity contribution in [3.05, 3.63) is 52.5 Å². The third-order valence-corrected chi connectivity index (χ3v) is 4.80. The quantitative estimate of drug-likeness (QED) is 0.790. The molecule has 0 saturated heterocycles. The van der Waals surface area contributed by atoms with Gasteiger partial charge in [-0.25, -0.2) is 4.79 Å². The maximum atomic E-state index is 12.5. The van der Waals surface area contributed by atoms with Crippen molar-refractivity contribution >= 4 is 46.4 Å². The third kappa shape index (κ3) is 3.59. The highest BCUT2D eigenvalue weighted by Crippen LogP contribution is 2.32. The summed E-state index contributed by atoms with van der Waals surface area (Å²) in [6, 6.07) is 9.32. The van der Waals surface area contributed by atoms with Crippen molar-refractivity contribution in [3.63, 3.8) is 0 Å². The summed E-state index contributed by atoms with van der Waals surface area (Å²) in [6.07, 6.45) is 0. The van der Waals surface area contributed by atoms with Crippen LogP contribution in [0.3, 0.4) is 0 Å². The Bertz CT molecular complexity index is 945. The zero-order chi connectivity index (χ0) is 19.7. The van der Waals surface area contributed by atoms with Gasteiger partial charge in [-0.15, -0.1) is 0 Å². The fourth-order valence-corrected chi connectivity index (χ4v) is 3.04. The Balaban J connectivity index is 1.81. The molecule has 0 aliphatic carbocycles. The maximum Gasteiger partial charge on any atom is 0.339 e. The number of nitrogens with zero attached hydrogens (tertiary/aromatic N) is 1. The number of methoxy groups -OCH3 is 1. The molecule has 3 rings (SSSR count). The van der Waals surface area contributed by atoms with Gasteiger partial charge >= 0.3 is 5.97 Å². The molecule has 8 heteroatoms. The van der Waals surface area contributed by atoms with E-state index >= 15 is 0 Å². The summed E-state index contributed by atoms with van der Waals surface area (Å²) in [5, 5.41) is 5.70. The molecule has 1 unspecified atom stereocenters. The standard InChI is InChI=1S/C19H18ClN3O4/c1-10-17(24)22-15-8-11(4-7-16(15)23(10)2)18(25)21-12-5-6-13(14(20)9-12)19(26)27-3/h4-10H,1-3H3,(H,21,25)(H,22,24). The Morgan fingerprint density at radius 3 is 2.63 bits per heavy atom. The molecule has 0 bridgehead atoms. The van der Waals surface area contributed by atoms with E-state index < -0.39 is 5.97 Å². The molecule has 2 aromatic rings. The van der Waals surface area contributed by atoms with Crippen LogP contribution in [0.15, 0.2) is 36.4 Å². The van der Waals surface area contributed by atoms with Crippen LogP contribution in [0.1, 0.15) is 27.6 Å². The molecular weight excluding hydrogens is 370 g/mol. The number of hydrogen-bond donors (Lipinski definition) is 2. The van der Waals surface area contributed by atoms with Crippen molar-refractivity contribution in [2.45, 2.75) is 13.0 Å². The number of rotatable bonds is 3. The second-order valence-electron chi connectivity index (χ2n) is 6.15. The van der Waals surface area contributed by atoms with Crippen molar-refractivity contribution in [3.8, 4) is 0 Å². The summed E-state index contributed by atoms with van der Waals surface area (Å²) in [5.74, 6) is -1.05. The third-order valence-electron chi connectivity index (χ3n) is 4.49. The molecule has 1 atom stereocenters. The number of halogens is 1. The van der Waals surface area contributed by atoms with Gasteiger partial charge < -0.3 is 20.3 Å². The van der Waals surface area contributed by atoms with Crippen molar-refractivity contribution < 1.29 is 19.1 Å². The van der Waals surface area contributed by atoms with E-state index in [1.54, 1.807) is 31.2 Å². The van der Waals surface area contributed by atoms with E-state index in [4.69, 9.17) is 11.6 Å². The zero-order valence-electron chi connectivity index (χ0n) is 15.0. The van der Waals surface area contributed by atoms with E-state index in [9.17, 15) is 14.4 Å². The molecule has 0 fully saturated rings. The van der Waals surface area contributed by atoms with Crippen LogP contribution in [0.2, 0.25) is 5.02 Å². The highest BCUT2D eigenvalue weighted by Gasteiger charge is 2.27. The second-order valence-corrected chi connectivity index (χ2v) is 6.56. The van der Waals surface area contributed by atoms with E-state index in [2.05, 4.69) is 15.4 Å². The summed E-state index contributed by atoms with van der Waals surface area (Å²) in [7, 11) is 3.09. The number of anilines is 3. The lowest BCUT2D eigenvalue weighted by atomic mass is 10.1. The number of nitrogens with one attached hydrogen (secondary N) is 2. The van der Waals surface area contributed by atoms with E-state index in [1.807, 2.05) is 11.9 Å². The SMILES string of the molecule is COC(=O)c1ccc(NC(=O)c2ccc3c(c2)NC(=O)C(C)N3C)cc1Cl. The first-order chi connectivity index (χ1) is 12.8. The molecule has 2 amide bonds. The van der Waals surface area contributed by atoms with E-state index in [1.165, 1.54) is 19.2 Å². The molecule has 1 heterocycles. The van der Waals surface area contributed by atoms with E-state index in [0.29, 0.717) is 16.9 Å². The van der Waals surface area contributed by atoms with Gasteiger partial charge in [0.1, 0.15) is 6.04 Å². The summed E-state index contributed by atoms with van der Waals surface area (Å²) in [5.41, 5.74) is 2.44. The minimum atomic E-state index is -0.554. The first-order valence-corrected chi connectivity index (χ1v) is 8.56. The number of hydrogen-bond acceptors (Lipinski definition) is 5. The lowest BCUT2D eigenvalue weighted by molar-refractivity contribution is -0.117. The molecule has 27 heavy (non-hydrogen) atoms. The van der Waals surface area contributed by atoms with Gasteiger partial charge in [-0.2, -0.15) is 0 Å². The average Bonchev–Trinajstić information content (AvgIpc) is 2.65. The topological polar surface area (TPSA) is 87.7 Å². The van der Waals surface area contributed by atoms with Crippen LogP contribution in [-0.4, -0.2) is 38.0 Å². The molecular formula is C19H18ClN3O4. The Morgan fingerprint density at radius 2 is 1.96 bits per heavy atom. The maximum absolute atomic E-state index is 12.5. The highest BCUT2D eigenvalue weighted by atomic mass is 35.5. The van der Waals surface area contributed by atoms with Crippen LogP contribution >= 0.6 is 11.6 Å². The molecule has 0 radical (unpaired) electrons. The van der Waals surface area contributed by atoms with Gasteiger partial charge in [-0.1, -0.05) is 11.6 Å². The molecule has 1 aliphatic rings. The van der Waals surface area contributed by atoms with Gasteiger partial charge in [0, 0.05) is 18.3 Å². The number of fused-ring (bicyclic) bond motifs is 1. The number of amides is 2. The van der Waals surface area contributed by atoms with Gasteiger partial charge in [0.25, 0.3) is 5.91 Å². The lowest BCUT2D eigenvalue weighted by Crippen LogP contribution is -2.43. The molecule has 2 N–H and O–H groups in total. The average molecular weight is 388 g/mol. The minimum Gasteiger partial charge on any atom is -0.465 e. The van der Waals surface area contributed by atoms with Gasteiger partial charge in [-0.05, 0) is 43.3 Å². The summed E-state index contributed by atoms with van der Waals surface area (Å²) in [4.78, 5) is 37.9. The second kappa shape index (κ2) is 7.28. The van der Waals surface area contributed by atoms with Crippen molar-refractivity contribution in [2.24, 2.45) is 0 Å². The van der Waals surface area contributed by atoms with Crippen LogP contribution < -0.4 is 15.5 Å². The first kappa shape index (κ1) is 18.7. The van der Waals surface area contributed by atoms with E-state index in [0.717, 1.165) is 5.69 Å². The van der Waals surface area contributed by atoms with Crippen LogP contribution in [-0.2, 0) is 9.53 Å². The summed E-state index contributed by atoms with van der Waals surface area (Å²) >= 11 is 6.07. The fraction of sp³-hybridized carbons (Fsp3) is 0.211. The van der Waals surface area contributed by atoms with Crippen LogP contribution in [0, 0.1) is 0 Å². The number of carbonyl (C=O) groups excluding carboxylic acids is 3. The van der Waals surface area contributed by atoms with Crippen molar-refractivity contribution in [2.75, 3.05) is 29.7 Å². The Labute approximate surface area is 161 Å². The van der Waals surface area contributed by atoms with Gasteiger partial charge in [0.05, 0.1) is 29.1 Å². The zero-order valence-corrected chi connectivity index (χ0v) is 15.8. The van der Waals surface area contributed by atoms with Gasteiger partial charge in [0.15, 0.2) is 0 Å². The number of ether oxygens (including phenoxy) is 1. The summed E-state index contributed by atoms with van der Waals surface area (Å²) in [6.45, 7) is 1.81. The highest BCUT2D eigenvalue weighted by molar-refractivity contribution is 6.34.